The summed E-state index contributed by atoms with van der Waals surface area (Å²) < 4.78 is 5.13. The fourth-order valence-electron chi connectivity index (χ4n) is 1.58. The fraction of sp³-hybridized carbons (Fsp3) is 0.875. The molecular weight excluding hydrogens is 144 g/mol. The van der Waals surface area contributed by atoms with Gasteiger partial charge >= 0.3 is 5.97 Å². The van der Waals surface area contributed by atoms with Crippen LogP contribution in [0.3, 0.4) is 0 Å². The second kappa shape index (κ2) is 3.72. The summed E-state index contributed by atoms with van der Waals surface area (Å²) in [5, 5.41) is 8.78. The molecule has 11 heavy (non-hydrogen) atoms. The van der Waals surface area contributed by atoms with Crippen LogP contribution in [0.5, 0.6) is 0 Å². The zero-order valence-electron chi connectivity index (χ0n) is 6.75. The topological polar surface area (TPSA) is 46.5 Å². The number of hydrogen-bond donors (Lipinski definition) is 1. The highest BCUT2D eigenvalue weighted by Crippen LogP contribution is 2.24. The first-order chi connectivity index (χ1) is 5.25. The molecule has 0 bridgehead atoms. The van der Waals surface area contributed by atoms with Gasteiger partial charge in [-0.1, -0.05) is 6.92 Å². The second-order valence-electron chi connectivity index (χ2n) is 2.98. The van der Waals surface area contributed by atoms with E-state index in [1.165, 1.54) is 0 Å². The molecule has 0 saturated carbocycles. The minimum Gasteiger partial charge on any atom is -0.481 e. The maximum atomic E-state index is 10.7. The molecular formula is C8H14O3. The van der Waals surface area contributed by atoms with Crippen molar-refractivity contribution < 1.29 is 14.6 Å². The van der Waals surface area contributed by atoms with Crippen LogP contribution in [0.15, 0.2) is 0 Å². The lowest BCUT2D eigenvalue weighted by Crippen LogP contribution is -2.22. The molecule has 0 spiro atoms. The van der Waals surface area contributed by atoms with Gasteiger partial charge < -0.3 is 9.84 Å². The first-order valence-corrected chi connectivity index (χ1v) is 4.06. The van der Waals surface area contributed by atoms with E-state index in [0.717, 1.165) is 13.0 Å². The van der Waals surface area contributed by atoms with Crippen molar-refractivity contribution in [3.63, 3.8) is 0 Å². The molecule has 3 nitrogen and oxygen atoms in total. The molecule has 1 aliphatic heterocycles. The van der Waals surface area contributed by atoms with Gasteiger partial charge in [-0.2, -0.15) is 0 Å². The number of carboxylic acids is 1. The summed E-state index contributed by atoms with van der Waals surface area (Å²) in [6, 6.07) is 0. The molecule has 0 aliphatic carbocycles. The van der Waals surface area contributed by atoms with Crippen molar-refractivity contribution in [2.24, 2.45) is 11.8 Å². The molecule has 1 N–H and O–H groups in total. The van der Waals surface area contributed by atoms with Crippen LogP contribution in [0, 0.1) is 11.8 Å². The summed E-state index contributed by atoms with van der Waals surface area (Å²) >= 11 is 0. The van der Waals surface area contributed by atoms with Gasteiger partial charge in [0.25, 0.3) is 0 Å². The molecule has 64 valence electrons. The van der Waals surface area contributed by atoms with Crippen molar-refractivity contribution in [3.8, 4) is 0 Å². The summed E-state index contributed by atoms with van der Waals surface area (Å²) in [6.07, 6.45) is 1.62. The van der Waals surface area contributed by atoms with E-state index in [1.807, 2.05) is 6.92 Å². The van der Waals surface area contributed by atoms with Crippen molar-refractivity contribution in [1.29, 1.82) is 0 Å². The van der Waals surface area contributed by atoms with Crippen LogP contribution in [0.4, 0.5) is 0 Å². The Morgan fingerprint density at radius 1 is 1.82 bits per heavy atom. The predicted molar refractivity (Wildman–Crippen MR) is 40.3 cm³/mol. The molecule has 0 aromatic rings. The van der Waals surface area contributed by atoms with E-state index in [0.29, 0.717) is 13.0 Å². The summed E-state index contributed by atoms with van der Waals surface area (Å²) in [7, 11) is 0. The van der Waals surface area contributed by atoms with Crippen LogP contribution in [0.2, 0.25) is 0 Å². The minimum atomic E-state index is -0.678. The zero-order chi connectivity index (χ0) is 8.27. The maximum Gasteiger partial charge on any atom is 0.306 e. The quantitative estimate of drug-likeness (QED) is 0.669. The standard InChI is InChI=1S/C8H14O3/c1-2-7(8(9)10)6-3-4-11-5-6/h6-7H,2-5H2,1H3,(H,9,10). The van der Waals surface area contributed by atoms with Gasteiger partial charge in [-0.25, -0.2) is 0 Å². The summed E-state index contributed by atoms with van der Waals surface area (Å²) in [6.45, 7) is 3.27. The third kappa shape index (κ3) is 1.93. The Kier molecular flexibility index (Phi) is 2.88. The molecule has 1 saturated heterocycles. The van der Waals surface area contributed by atoms with Crippen LogP contribution in [0.25, 0.3) is 0 Å². The highest BCUT2D eigenvalue weighted by atomic mass is 16.5. The smallest absolute Gasteiger partial charge is 0.306 e. The fourth-order valence-corrected chi connectivity index (χ4v) is 1.58. The Morgan fingerprint density at radius 2 is 2.55 bits per heavy atom. The van der Waals surface area contributed by atoms with Crippen LogP contribution >= 0.6 is 0 Å². The highest BCUT2D eigenvalue weighted by Gasteiger charge is 2.29. The van der Waals surface area contributed by atoms with E-state index in [9.17, 15) is 4.79 Å². The lowest BCUT2D eigenvalue weighted by molar-refractivity contribution is -0.143. The van der Waals surface area contributed by atoms with E-state index in [-0.39, 0.29) is 11.8 Å². The third-order valence-electron chi connectivity index (χ3n) is 2.29. The van der Waals surface area contributed by atoms with E-state index in [4.69, 9.17) is 9.84 Å². The van der Waals surface area contributed by atoms with Crippen molar-refractivity contribution in [2.75, 3.05) is 13.2 Å². The molecule has 2 unspecified atom stereocenters. The SMILES string of the molecule is CCC(C(=O)O)C1CCOC1. The van der Waals surface area contributed by atoms with E-state index >= 15 is 0 Å². The predicted octanol–water partition coefficient (Wildman–Crippen LogP) is 1.13. The molecule has 0 amide bonds. The number of aliphatic carboxylic acids is 1. The molecule has 3 heteroatoms. The highest BCUT2D eigenvalue weighted by molar-refractivity contribution is 5.70. The van der Waals surface area contributed by atoms with Gasteiger partial charge in [0.15, 0.2) is 0 Å². The van der Waals surface area contributed by atoms with Crippen LogP contribution in [-0.4, -0.2) is 24.3 Å². The van der Waals surface area contributed by atoms with Gasteiger partial charge in [0.05, 0.1) is 12.5 Å². The number of rotatable bonds is 3. The van der Waals surface area contributed by atoms with Crippen LogP contribution in [-0.2, 0) is 9.53 Å². The molecule has 0 aromatic carbocycles. The number of hydrogen-bond acceptors (Lipinski definition) is 2. The lowest BCUT2D eigenvalue weighted by atomic mass is 9.90. The molecule has 1 heterocycles. The minimum absolute atomic E-state index is 0.197. The first-order valence-electron chi connectivity index (χ1n) is 4.06. The molecule has 1 rings (SSSR count). The Labute approximate surface area is 66.4 Å². The van der Waals surface area contributed by atoms with Crippen LogP contribution in [0.1, 0.15) is 19.8 Å². The van der Waals surface area contributed by atoms with Gasteiger partial charge in [-0.15, -0.1) is 0 Å². The molecule has 1 aliphatic rings. The number of carboxylic acid groups (broad SMARTS) is 1. The van der Waals surface area contributed by atoms with Gasteiger partial charge in [0, 0.05) is 6.61 Å². The average molecular weight is 158 g/mol. The van der Waals surface area contributed by atoms with Gasteiger partial charge in [-0.3, -0.25) is 4.79 Å². The van der Waals surface area contributed by atoms with Gasteiger partial charge in [0.2, 0.25) is 0 Å². The van der Waals surface area contributed by atoms with Crippen molar-refractivity contribution in [2.45, 2.75) is 19.8 Å². The Morgan fingerprint density at radius 3 is 2.91 bits per heavy atom. The average Bonchev–Trinajstić information content (AvgIpc) is 2.40. The molecule has 1 fully saturated rings. The third-order valence-corrected chi connectivity index (χ3v) is 2.29. The molecule has 0 aromatic heterocycles. The first kappa shape index (κ1) is 8.53. The van der Waals surface area contributed by atoms with Gasteiger partial charge in [-0.05, 0) is 18.8 Å². The lowest BCUT2D eigenvalue weighted by Gasteiger charge is -2.14. The van der Waals surface area contributed by atoms with E-state index in [1.54, 1.807) is 0 Å². The summed E-state index contributed by atoms with van der Waals surface area (Å²) in [4.78, 5) is 10.7. The van der Waals surface area contributed by atoms with E-state index in [2.05, 4.69) is 0 Å². The monoisotopic (exact) mass is 158 g/mol. The summed E-state index contributed by atoms with van der Waals surface area (Å²) in [5.74, 6) is -0.627. The second-order valence-corrected chi connectivity index (χ2v) is 2.98. The Hall–Kier alpha value is -0.570. The largest absolute Gasteiger partial charge is 0.481 e. The Balaban J connectivity index is 2.46. The molecule has 0 radical (unpaired) electrons. The normalized spacial score (nSPS) is 26.8. The van der Waals surface area contributed by atoms with Crippen LogP contribution < -0.4 is 0 Å². The van der Waals surface area contributed by atoms with E-state index < -0.39 is 5.97 Å². The number of ether oxygens (including phenoxy) is 1. The zero-order valence-corrected chi connectivity index (χ0v) is 6.75. The Bertz CT molecular complexity index is 138. The maximum absolute atomic E-state index is 10.7. The van der Waals surface area contributed by atoms with Crippen molar-refractivity contribution in [1.82, 2.24) is 0 Å². The number of carbonyl (C=O) groups is 1. The van der Waals surface area contributed by atoms with Crippen molar-refractivity contribution >= 4 is 5.97 Å². The molecule has 2 atom stereocenters. The van der Waals surface area contributed by atoms with Crippen molar-refractivity contribution in [3.05, 3.63) is 0 Å². The summed E-state index contributed by atoms with van der Waals surface area (Å²) in [5.41, 5.74) is 0. The van der Waals surface area contributed by atoms with Gasteiger partial charge in [0.1, 0.15) is 0 Å².